The van der Waals surface area contributed by atoms with Crippen molar-refractivity contribution in [3.05, 3.63) is 51.0 Å². The number of methoxy groups -OCH3 is 1. The van der Waals surface area contributed by atoms with Gasteiger partial charge >= 0.3 is 0 Å². The van der Waals surface area contributed by atoms with E-state index >= 15 is 0 Å². The summed E-state index contributed by atoms with van der Waals surface area (Å²) >= 11 is 18.0. The van der Waals surface area contributed by atoms with Crippen LogP contribution in [0.5, 0.6) is 11.5 Å². The maximum Gasteiger partial charge on any atom is 0.128 e. The van der Waals surface area contributed by atoms with Crippen LogP contribution < -0.4 is 10.2 Å². The molecule has 0 unspecified atom stereocenters. The predicted molar refractivity (Wildman–Crippen MR) is 92.0 cm³/mol. The van der Waals surface area contributed by atoms with Gasteiger partial charge in [0.25, 0.3) is 0 Å². The van der Waals surface area contributed by atoms with Crippen LogP contribution in [0.25, 0.3) is 0 Å². The first kappa shape index (κ1) is 16.7. The fourth-order valence-electron chi connectivity index (χ4n) is 1.79. The summed E-state index contributed by atoms with van der Waals surface area (Å²) in [5, 5.41) is 15.3. The molecule has 7 heteroatoms. The molecular weight excluding hydrogens is 347 g/mol. The van der Waals surface area contributed by atoms with Crippen LogP contribution in [0.4, 0.5) is 5.69 Å². The molecule has 0 atom stereocenters. The van der Waals surface area contributed by atoms with Crippen molar-refractivity contribution in [2.24, 2.45) is 5.10 Å². The van der Waals surface area contributed by atoms with Crippen molar-refractivity contribution in [2.75, 3.05) is 12.5 Å². The summed E-state index contributed by atoms with van der Waals surface area (Å²) in [7, 11) is 1.53. The Kier molecular flexibility index (Phi) is 5.40. The van der Waals surface area contributed by atoms with Gasteiger partial charge in [0.05, 0.1) is 28.6 Å². The molecule has 0 saturated carbocycles. The summed E-state index contributed by atoms with van der Waals surface area (Å²) in [4.78, 5) is 0. The Balaban J connectivity index is 2.27. The zero-order chi connectivity index (χ0) is 16.3. The lowest BCUT2D eigenvalue weighted by molar-refractivity contribution is 0.407. The number of aromatic hydroxyl groups is 1. The molecule has 0 radical (unpaired) electrons. The molecule has 2 N–H and O–H groups in total. The molecule has 0 heterocycles. The molecule has 0 spiro atoms. The van der Waals surface area contributed by atoms with E-state index in [2.05, 4.69) is 10.5 Å². The van der Waals surface area contributed by atoms with Crippen molar-refractivity contribution in [1.29, 1.82) is 0 Å². The van der Waals surface area contributed by atoms with E-state index in [4.69, 9.17) is 39.5 Å². The van der Waals surface area contributed by atoms with Crippen molar-refractivity contribution in [1.82, 2.24) is 0 Å². The van der Waals surface area contributed by atoms with Crippen LogP contribution in [0.3, 0.4) is 0 Å². The molecule has 0 aliphatic rings. The summed E-state index contributed by atoms with van der Waals surface area (Å²) in [5.74, 6) is 0.626. The average molecular weight is 360 g/mol. The highest BCUT2D eigenvalue weighted by molar-refractivity contribution is 6.41. The Labute approximate surface area is 143 Å². The Morgan fingerprint density at radius 2 is 1.77 bits per heavy atom. The number of halogens is 3. The van der Waals surface area contributed by atoms with Crippen LogP contribution in [0.1, 0.15) is 12.5 Å². The fraction of sp³-hybridized carbons (Fsp3) is 0.133. The van der Waals surface area contributed by atoms with Gasteiger partial charge in [-0.05, 0) is 31.2 Å². The van der Waals surface area contributed by atoms with E-state index in [9.17, 15) is 5.11 Å². The van der Waals surface area contributed by atoms with Gasteiger partial charge in [-0.15, -0.1) is 0 Å². The Morgan fingerprint density at radius 3 is 2.32 bits per heavy atom. The van der Waals surface area contributed by atoms with E-state index in [1.54, 1.807) is 31.2 Å². The third-order valence-corrected chi connectivity index (χ3v) is 3.75. The number of nitrogens with zero attached hydrogens (tertiary/aromatic N) is 1. The van der Waals surface area contributed by atoms with Crippen LogP contribution in [0.2, 0.25) is 15.1 Å². The first-order chi connectivity index (χ1) is 10.4. The van der Waals surface area contributed by atoms with Gasteiger partial charge in [0.2, 0.25) is 0 Å². The fourth-order valence-corrected chi connectivity index (χ4v) is 2.69. The third kappa shape index (κ3) is 3.77. The maximum absolute atomic E-state index is 9.98. The maximum atomic E-state index is 9.98. The highest BCUT2D eigenvalue weighted by Crippen LogP contribution is 2.34. The second-order valence-electron chi connectivity index (χ2n) is 4.44. The largest absolute Gasteiger partial charge is 0.507 e. The molecule has 0 aliphatic heterocycles. The SMILES string of the molecule is COc1ccc(/C(C)=N/Nc2c(Cl)cc(Cl)cc2Cl)c(O)c1. The van der Waals surface area contributed by atoms with Crippen molar-refractivity contribution < 1.29 is 9.84 Å². The van der Waals surface area contributed by atoms with E-state index in [1.807, 2.05) is 0 Å². The van der Waals surface area contributed by atoms with E-state index < -0.39 is 0 Å². The number of nitrogens with one attached hydrogen (secondary N) is 1. The number of phenolic OH excluding ortho intramolecular Hbond substituents is 1. The minimum absolute atomic E-state index is 0.0655. The van der Waals surface area contributed by atoms with Gasteiger partial charge in [0, 0.05) is 16.7 Å². The minimum Gasteiger partial charge on any atom is -0.507 e. The third-order valence-electron chi connectivity index (χ3n) is 2.94. The standard InChI is InChI=1S/C15H13Cl3N2O2/c1-8(11-4-3-10(22-2)7-14(11)21)19-20-15-12(17)5-9(16)6-13(15)18/h3-7,20-21H,1-2H3/b19-8+. The quantitative estimate of drug-likeness (QED) is 0.583. The van der Waals surface area contributed by atoms with Crippen LogP contribution in [0, 0.1) is 0 Å². The lowest BCUT2D eigenvalue weighted by Crippen LogP contribution is -2.01. The topological polar surface area (TPSA) is 53.8 Å². The molecule has 0 bridgehead atoms. The molecule has 2 aromatic rings. The second-order valence-corrected chi connectivity index (χ2v) is 5.69. The number of hydrogen-bond donors (Lipinski definition) is 2. The highest BCUT2D eigenvalue weighted by atomic mass is 35.5. The molecule has 2 aromatic carbocycles. The van der Waals surface area contributed by atoms with E-state index in [1.165, 1.54) is 13.2 Å². The van der Waals surface area contributed by atoms with E-state index in [0.29, 0.717) is 37.8 Å². The normalized spacial score (nSPS) is 11.4. The van der Waals surface area contributed by atoms with Gasteiger partial charge < -0.3 is 9.84 Å². The zero-order valence-corrected chi connectivity index (χ0v) is 14.1. The predicted octanol–water partition coefficient (Wildman–Crippen LogP) is 5.20. The average Bonchev–Trinajstić information content (AvgIpc) is 2.45. The van der Waals surface area contributed by atoms with Crippen LogP contribution >= 0.6 is 34.8 Å². The minimum atomic E-state index is 0.0655. The smallest absolute Gasteiger partial charge is 0.128 e. The molecule has 22 heavy (non-hydrogen) atoms. The first-order valence-corrected chi connectivity index (χ1v) is 7.38. The Bertz CT molecular complexity index is 710. The summed E-state index contributed by atoms with van der Waals surface area (Å²) in [6, 6.07) is 8.08. The van der Waals surface area contributed by atoms with Gasteiger partial charge in [-0.25, -0.2) is 0 Å². The second kappa shape index (κ2) is 7.09. The molecule has 116 valence electrons. The molecule has 0 aromatic heterocycles. The number of rotatable bonds is 4. The summed E-state index contributed by atoms with van der Waals surface area (Å²) in [6.07, 6.45) is 0. The van der Waals surface area contributed by atoms with Crippen LogP contribution in [-0.4, -0.2) is 17.9 Å². The molecule has 2 rings (SSSR count). The van der Waals surface area contributed by atoms with Crippen molar-refractivity contribution in [2.45, 2.75) is 6.92 Å². The van der Waals surface area contributed by atoms with Crippen LogP contribution in [0.15, 0.2) is 35.4 Å². The number of ether oxygens (including phenoxy) is 1. The molecule has 0 saturated heterocycles. The zero-order valence-electron chi connectivity index (χ0n) is 11.8. The highest BCUT2D eigenvalue weighted by Gasteiger charge is 2.09. The Morgan fingerprint density at radius 1 is 1.14 bits per heavy atom. The van der Waals surface area contributed by atoms with Gasteiger partial charge in [0.15, 0.2) is 0 Å². The summed E-state index contributed by atoms with van der Waals surface area (Å²) in [5.41, 5.74) is 4.35. The number of hydrogen-bond acceptors (Lipinski definition) is 4. The number of benzene rings is 2. The van der Waals surface area contributed by atoms with Crippen molar-refractivity contribution in [3.63, 3.8) is 0 Å². The molecule has 0 fully saturated rings. The van der Waals surface area contributed by atoms with Crippen molar-refractivity contribution in [3.8, 4) is 11.5 Å². The van der Waals surface area contributed by atoms with Crippen LogP contribution in [-0.2, 0) is 0 Å². The first-order valence-electron chi connectivity index (χ1n) is 6.24. The molecule has 4 nitrogen and oxygen atoms in total. The van der Waals surface area contributed by atoms with Gasteiger partial charge in [-0.1, -0.05) is 34.8 Å². The lowest BCUT2D eigenvalue weighted by Gasteiger charge is -2.09. The van der Waals surface area contributed by atoms with E-state index in [0.717, 1.165) is 0 Å². The number of hydrazone groups is 1. The summed E-state index contributed by atoms with van der Waals surface area (Å²) in [6.45, 7) is 1.74. The lowest BCUT2D eigenvalue weighted by atomic mass is 10.1. The van der Waals surface area contributed by atoms with Crippen molar-refractivity contribution >= 4 is 46.2 Å². The number of anilines is 1. The van der Waals surface area contributed by atoms with Gasteiger partial charge in [-0.3, -0.25) is 5.43 Å². The Hall–Kier alpha value is -1.62. The summed E-state index contributed by atoms with van der Waals surface area (Å²) < 4.78 is 5.04. The van der Waals surface area contributed by atoms with Gasteiger partial charge in [0.1, 0.15) is 11.5 Å². The molecular formula is C15H13Cl3N2O2. The monoisotopic (exact) mass is 358 g/mol. The van der Waals surface area contributed by atoms with Gasteiger partial charge in [-0.2, -0.15) is 5.10 Å². The van der Waals surface area contributed by atoms with E-state index in [-0.39, 0.29) is 5.75 Å². The number of phenols is 1. The molecule has 0 aliphatic carbocycles. The molecule has 0 amide bonds.